The molecule has 2 aromatic rings. The second kappa shape index (κ2) is 10.8. The summed E-state index contributed by atoms with van der Waals surface area (Å²) in [6.07, 6.45) is 3.54. The van der Waals surface area contributed by atoms with Gasteiger partial charge in [0.1, 0.15) is 15.8 Å². The number of hydrogen-bond acceptors (Lipinski definition) is 5. The van der Waals surface area contributed by atoms with Crippen molar-refractivity contribution in [2.75, 3.05) is 19.8 Å². The lowest BCUT2D eigenvalue weighted by Crippen LogP contribution is -2.27. The van der Waals surface area contributed by atoms with Gasteiger partial charge in [0.2, 0.25) is 0 Å². The highest BCUT2D eigenvalue weighted by atomic mass is 35.5. The zero-order chi connectivity index (χ0) is 21.5. The van der Waals surface area contributed by atoms with Gasteiger partial charge in [0.05, 0.1) is 18.1 Å². The summed E-state index contributed by atoms with van der Waals surface area (Å²) in [6.45, 7) is 5.64. The minimum absolute atomic E-state index is 0.0825. The van der Waals surface area contributed by atoms with E-state index >= 15 is 0 Å². The molecular formula is C23H24ClNO3S2. The SMILES string of the molecule is CCc1ccc(OCCCOc2ccc(Cl)cc2C=C2SC(=S)N(CC)C2=O)cc1. The van der Waals surface area contributed by atoms with Crippen molar-refractivity contribution in [1.29, 1.82) is 0 Å². The number of carbonyl (C=O) groups excluding carboxylic acids is 1. The Hall–Kier alpha value is -2.02. The Balaban J connectivity index is 1.58. The first-order valence-electron chi connectivity index (χ1n) is 9.91. The Morgan fingerprint density at radius 1 is 1.10 bits per heavy atom. The lowest BCUT2D eigenvalue weighted by atomic mass is 10.2. The molecular weight excluding hydrogens is 438 g/mol. The van der Waals surface area contributed by atoms with Crippen LogP contribution in [0.3, 0.4) is 0 Å². The maximum absolute atomic E-state index is 12.5. The largest absolute Gasteiger partial charge is 0.493 e. The summed E-state index contributed by atoms with van der Waals surface area (Å²) in [5.74, 6) is 1.45. The van der Waals surface area contributed by atoms with Gasteiger partial charge in [-0.2, -0.15) is 0 Å². The number of aryl methyl sites for hydroxylation is 1. The van der Waals surface area contributed by atoms with Crippen LogP contribution in [0.4, 0.5) is 0 Å². The van der Waals surface area contributed by atoms with Crippen molar-refractivity contribution in [1.82, 2.24) is 4.90 Å². The number of hydrogen-bond donors (Lipinski definition) is 0. The Labute approximate surface area is 192 Å². The number of rotatable bonds is 9. The summed E-state index contributed by atoms with van der Waals surface area (Å²) in [7, 11) is 0. The second-order valence-corrected chi connectivity index (χ2v) is 8.77. The highest BCUT2D eigenvalue weighted by Crippen LogP contribution is 2.34. The van der Waals surface area contributed by atoms with E-state index in [1.54, 1.807) is 23.1 Å². The van der Waals surface area contributed by atoms with Crippen LogP contribution in [0.15, 0.2) is 47.4 Å². The lowest BCUT2D eigenvalue weighted by Gasteiger charge is -2.11. The molecule has 0 aliphatic carbocycles. The number of thioether (sulfide) groups is 1. The molecule has 158 valence electrons. The van der Waals surface area contributed by atoms with Crippen LogP contribution in [0, 0.1) is 0 Å². The van der Waals surface area contributed by atoms with Crippen LogP contribution < -0.4 is 9.47 Å². The Kier molecular flexibility index (Phi) is 8.19. The summed E-state index contributed by atoms with van der Waals surface area (Å²) >= 11 is 12.7. The highest BCUT2D eigenvalue weighted by molar-refractivity contribution is 8.26. The predicted octanol–water partition coefficient (Wildman–Crippen LogP) is 5.97. The molecule has 1 fully saturated rings. The Bertz CT molecular complexity index is 944. The van der Waals surface area contributed by atoms with Crippen molar-refractivity contribution in [3.63, 3.8) is 0 Å². The second-order valence-electron chi connectivity index (χ2n) is 6.66. The van der Waals surface area contributed by atoms with E-state index in [9.17, 15) is 4.79 Å². The van der Waals surface area contributed by atoms with Crippen LogP contribution in [0.2, 0.25) is 5.02 Å². The predicted molar refractivity (Wildman–Crippen MR) is 128 cm³/mol. The fourth-order valence-corrected chi connectivity index (χ4v) is 4.49. The molecule has 0 aromatic heterocycles. The van der Waals surface area contributed by atoms with Crippen LogP contribution >= 0.6 is 35.6 Å². The number of thiocarbonyl (C=S) groups is 1. The van der Waals surface area contributed by atoms with Gasteiger partial charge in [0.15, 0.2) is 0 Å². The quantitative estimate of drug-likeness (QED) is 0.261. The number of nitrogens with zero attached hydrogens (tertiary/aromatic N) is 1. The van der Waals surface area contributed by atoms with Crippen molar-refractivity contribution in [3.8, 4) is 11.5 Å². The van der Waals surface area contributed by atoms with E-state index in [2.05, 4.69) is 19.1 Å². The highest BCUT2D eigenvalue weighted by Gasteiger charge is 2.30. The smallest absolute Gasteiger partial charge is 0.266 e. The third kappa shape index (κ3) is 5.78. The molecule has 1 amide bonds. The lowest BCUT2D eigenvalue weighted by molar-refractivity contribution is -0.121. The van der Waals surface area contributed by atoms with E-state index < -0.39 is 0 Å². The van der Waals surface area contributed by atoms with Crippen LogP contribution in [0.25, 0.3) is 6.08 Å². The molecule has 4 nitrogen and oxygen atoms in total. The number of halogens is 1. The molecule has 1 saturated heterocycles. The average Bonchev–Trinajstić information content (AvgIpc) is 3.01. The summed E-state index contributed by atoms with van der Waals surface area (Å²) < 4.78 is 12.3. The summed E-state index contributed by atoms with van der Waals surface area (Å²) in [5, 5.41) is 0.582. The van der Waals surface area contributed by atoms with Gasteiger partial charge < -0.3 is 9.47 Å². The van der Waals surface area contributed by atoms with E-state index in [0.717, 1.165) is 24.2 Å². The number of ether oxygens (including phenoxy) is 2. The van der Waals surface area contributed by atoms with Gasteiger partial charge in [0.25, 0.3) is 5.91 Å². The molecule has 0 atom stereocenters. The van der Waals surface area contributed by atoms with Crippen molar-refractivity contribution in [2.24, 2.45) is 0 Å². The normalized spacial score (nSPS) is 15.2. The molecule has 0 unspecified atom stereocenters. The topological polar surface area (TPSA) is 38.8 Å². The monoisotopic (exact) mass is 461 g/mol. The average molecular weight is 462 g/mol. The molecule has 1 aliphatic heterocycles. The maximum atomic E-state index is 12.5. The van der Waals surface area contributed by atoms with Gasteiger partial charge in [0, 0.05) is 23.6 Å². The fourth-order valence-electron chi connectivity index (χ4n) is 2.93. The first-order valence-corrected chi connectivity index (χ1v) is 11.5. The van der Waals surface area contributed by atoms with Gasteiger partial charge >= 0.3 is 0 Å². The number of amides is 1. The minimum atomic E-state index is -0.0825. The van der Waals surface area contributed by atoms with E-state index in [1.165, 1.54) is 17.3 Å². The fraction of sp³-hybridized carbons (Fsp3) is 0.304. The van der Waals surface area contributed by atoms with Crippen molar-refractivity contribution in [3.05, 3.63) is 63.5 Å². The van der Waals surface area contributed by atoms with Crippen LogP contribution in [0.5, 0.6) is 11.5 Å². The molecule has 0 spiro atoms. The third-order valence-electron chi connectivity index (χ3n) is 4.59. The first-order chi connectivity index (χ1) is 14.5. The van der Waals surface area contributed by atoms with Crippen LogP contribution in [-0.4, -0.2) is 34.9 Å². The minimum Gasteiger partial charge on any atom is -0.493 e. The van der Waals surface area contributed by atoms with Gasteiger partial charge in [-0.25, -0.2) is 0 Å². The number of likely N-dealkylation sites (N-methyl/N-ethyl adjacent to an activating group) is 1. The van der Waals surface area contributed by atoms with Gasteiger partial charge in [-0.05, 0) is 55.3 Å². The van der Waals surface area contributed by atoms with Crippen LogP contribution in [0.1, 0.15) is 31.4 Å². The van der Waals surface area contributed by atoms with Crippen LogP contribution in [-0.2, 0) is 11.2 Å². The van der Waals surface area contributed by atoms with Gasteiger partial charge in [-0.1, -0.05) is 54.6 Å². The zero-order valence-corrected chi connectivity index (χ0v) is 19.4. The molecule has 7 heteroatoms. The molecule has 3 rings (SSSR count). The Morgan fingerprint density at radius 2 is 1.83 bits per heavy atom. The molecule has 0 saturated carbocycles. The number of carbonyl (C=O) groups is 1. The molecule has 0 bridgehead atoms. The summed E-state index contributed by atoms with van der Waals surface area (Å²) in [5.41, 5.74) is 2.05. The molecule has 2 aromatic carbocycles. The third-order valence-corrected chi connectivity index (χ3v) is 6.21. The number of benzene rings is 2. The van der Waals surface area contributed by atoms with E-state index in [1.807, 2.05) is 25.1 Å². The molecule has 0 N–H and O–H groups in total. The standard InChI is InChI=1S/C23H24ClNO3S2/c1-3-16-6-9-19(10-7-16)27-12-5-13-28-20-11-8-18(24)14-17(20)15-21-22(26)25(4-2)23(29)30-21/h6-11,14-15H,3-5,12-13H2,1-2H3. The van der Waals surface area contributed by atoms with Gasteiger partial charge in [-0.3, -0.25) is 9.69 Å². The first kappa shape index (κ1) is 22.7. The molecule has 0 radical (unpaired) electrons. The summed E-state index contributed by atoms with van der Waals surface area (Å²) in [6, 6.07) is 13.5. The maximum Gasteiger partial charge on any atom is 0.266 e. The molecule has 30 heavy (non-hydrogen) atoms. The molecule has 1 aliphatic rings. The Morgan fingerprint density at radius 3 is 2.50 bits per heavy atom. The van der Waals surface area contributed by atoms with Crippen molar-refractivity contribution in [2.45, 2.75) is 26.7 Å². The zero-order valence-electron chi connectivity index (χ0n) is 17.0. The van der Waals surface area contributed by atoms with Crippen molar-refractivity contribution < 1.29 is 14.3 Å². The molecule has 1 heterocycles. The van der Waals surface area contributed by atoms with E-state index in [0.29, 0.717) is 39.8 Å². The van der Waals surface area contributed by atoms with Crippen molar-refractivity contribution >= 4 is 51.9 Å². The summed E-state index contributed by atoms with van der Waals surface area (Å²) in [4.78, 5) is 14.6. The van der Waals surface area contributed by atoms with E-state index in [4.69, 9.17) is 33.3 Å². The van der Waals surface area contributed by atoms with Gasteiger partial charge in [-0.15, -0.1) is 0 Å². The van der Waals surface area contributed by atoms with E-state index in [-0.39, 0.29) is 5.91 Å².